The lowest BCUT2D eigenvalue weighted by Crippen LogP contribution is -2.38. The van der Waals surface area contributed by atoms with E-state index in [0.717, 1.165) is 29.3 Å². The summed E-state index contributed by atoms with van der Waals surface area (Å²) in [7, 11) is 8.56. The van der Waals surface area contributed by atoms with Crippen LogP contribution in [0.1, 0.15) is 22.5 Å². The average molecular weight is 517 g/mol. The summed E-state index contributed by atoms with van der Waals surface area (Å²) in [6.45, 7) is 5.45. The van der Waals surface area contributed by atoms with E-state index >= 15 is 0 Å². The highest BCUT2D eigenvalue weighted by molar-refractivity contribution is 14.0. The molecule has 0 saturated heterocycles. The van der Waals surface area contributed by atoms with Crippen LogP contribution >= 0.6 is 24.0 Å². The minimum atomic E-state index is 0. The number of hydrogen-bond acceptors (Lipinski definition) is 5. The maximum atomic E-state index is 5.54. The first-order chi connectivity index (χ1) is 13.5. The van der Waals surface area contributed by atoms with Crippen LogP contribution in [0.3, 0.4) is 0 Å². The predicted octanol–water partition coefficient (Wildman–Crippen LogP) is 2.59. The molecule has 0 aliphatic carbocycles. The van der Waals surface area contributed by atoms with Gasteiger partial charge in [0.15, 0.2) is 17.5 Å². The van der Waals surface area contributed by atoms with Crippen LogP contribution in [0.5, 0.6) is 17.2 Å². The third kappa shape index (κ3) is 5.91. The predicted molar refractivity (Wildman–Crippen MR) is 126 cm³/mol. The number of methoxy groups -OCH3 is 3. The summed E-state index contributed by atoms with van der Waals surface area (Å²) in [5, 5.41) is 11.1. The maximum Gasteiger partial charge on any atom is 0.203 e. The molecule has 0 unspecified atom stereocenters. The molecule has 0 bridgehead atoms. The van der Waals surface area contributed by atoms with Gasteiger partial charge in [0.05, 0.1) is 27.0 Å². The Labute approximate surface area is 190 Å². The van der Waals surface area contributed by atoms with Gasteiger partial charge in [0, 0.05) is 44.0 Å². The van der Waals surface area contributed by atoms with E-state index in [2.05, 4.69) is 27.6 Å². The molecule has 1 aromatic heterocycles. The lowest BCUT2D eigenvalue weighted by molar-refractivity contribution is 0.322. The van der Waals surface area contributed by atoms with Gasteiger partial charge >= 0.3 is 0 Å². The molecule has 0 aliphatic rings. The Bertz CT molecular complexity index is 836. The molecule has 0 atom stereocenters. The number of aryl methyl sites for hydroxylation is 2. The van der Waals surface area contributed by atoms with Crippen LogP contribution in [0, 0.1) is 13.8 Å². The monoisotopic (exact) mass is 517 g/mol. The van der Waals surface area contributed by atoms with E-state index in [0.29, 0.717) is 30.3 Å². The first-order valence-corrected chi connectivity index (χ1v) is 9.18. The standard InChI is InChI=1S/C20H31N5O3.HI/c1-13-16(14(2)25(4)24-13)12-23-20(21-3)22-11-10-15-8-9-17(26-5)19(28-7)18(15)27-6;/h8-9H,10-12H2,1-7H3,(H2,21,22,23);1H. The quantitative estimate of drug-likeness (QED) is 0.319. The number of nitrogens with zero attached hydrogens (tertiary/aromatic N) is 3. The first kappa shape index (κ1) is 24.9. The SMILES string of the molecule is CN=C(NCCc1ccc(OC)c(OC)c1OC)NCc1c(C)nn(C)c1C.I. The zero-order chi connectivity index (χ0) is 20.7. The summed E-state index contributed by atoms with van der Waals surface area (Å²) in [5.41, 5.74) is 4.39. The van der Waals surface area contributed by atoms with Gasteiger partial charge in [-0.3, -0.25) is 9.67 Å². The van der Waals surface area contributed by atoms with E-state index in [9.17, 15) is 0 Å². The summed E-state index contributed by atoms with van der Waals surface area (Å²) in [4.78, 5) is 4.30. The number of aromatic nitrogens is 2. The third-order valence-corrected chi connectivity index (χ3v) is 4.79. The molecule has 0 fully saturated rings. The Morgan fingerprint density at radius 3 is 2.28 bits per heavy atom. The summed E-state index contributed by atoms with van der Waals surface area (Å²) in [6.07, 6.45) is 0.745. The van der Waals surface area contributed by atoms with Gasteiger partial charge in [-0.2, -0.15) is 5.10 Å². The number of benzene rings is 1. The van der Waals surface area contributed by atoms with Crippen molar-refractivity contribution in [3.05, 3.63) is 34.6 Å². The Hall–Kier alpha value is -2.17. The van der Waals surface area contributed by atoms with Crippen LogP contribution in [-0.4, -0.2) is 50.7 Å². The van der Waals surface area contributed by atoms with Crippen molar-refractivity contribution in [2.75, 3.05) is 34.9 Å². The molecule has 2 N–H and O–H groups in total. The highest BCUT2D eigenvalue weighted by Crippen LogP contribution is 2.39. The largest absolute Gasteiger partial charge is 0.493 e. The van der Waals surface area contributed by atoms with E-state index in [4.69, 9.17) is 14.2 Å². The zero-order valence-corrected chi connectivity index (χ0v) is 20.6. The molecule has 0 spiro atoms. The number of nitrogens with one attached hydrogen (secondary N) is 2. The molecular weight excluding hydrogens is 485 g/mol. The van der Waals surface area contributed by atoms with Gasteiger partial charge < -0.3 is 24.8 Å². The van der Waals surface area contributed by atoms with E-state index in [1.807, 2.05) is 30.8 Å². The molecule has 162 valence electrons. The van der Waals surface area contributed by atoms with Crippen molar-refractivity contribution in [3.8, 4) is 17.2 Å². The highest BCUT2D eigenvalue weighted by Gasteiger charge is 2.15. The van der Waals surface area contributed by atoms with Crippen LogP contribution in [0.15, 0.2) is 17.1 Å². The van der Waals surface area contributed by atoms with Crippen molar-refractivity contribution < 1.29 is 14.2 Å². The van der Waals surface area contributed by atoms with Gasteiger partial charge in [0.1, 0.15) is 0 Å². The molecule has 9 heteroatoms. The van der Waals surface area contributed by atoms with Crippen molar-refractivity contribution in [2.45, 2.75) is 26.8 Å². The van der Waals surface area contributed by atoms with Gasteiger partial charge in [-0.1, -0.05) is 6.07 Å². The molecule has 0 aliphatic heterocycles. The number of guanidine groups is 1. The fourth-order valence-electron chi connectivity index (χ4n) is 3.14. The fraction of sp³-hybridized carbons (Fsp3) is 0.500. The summed E-state index contributed by atoms with van der Waals surface area (Å²) in [6, 6.07) is 3.87. The van der Waals surface area contributed by atoms with Crippen molar-refractivity contribution >= 4 is 29.9 Å². The van der Waals surface area contributed by atoms with Crippen molar-refractivity contribution in [1.29, 1.82) is 0 Å². The van der Waals surface area contributed by atoms with Crippen molar-refractivity contribution in [2.24, 2.45) is 12.0 Å². The lowest BCUT2D eigenvalue weighted by Gasteiger charge is -2.16. The topological polar surface area (TPSA) is 81.9 Å². The van der Waals surface area contributed by atoms with E-state index < -0.39 is 0 Å². The molecule has 0 saturated carbocycles. The van der Waals surface area contributed by atoms with Gasteiger partial charge in [-0.25, -0.2) is 0 Å². The molecule has 1 aromatic carbocycles. The zero-order valence-electron chi connectivity index (χ0n) is 18.3. The minimum absolute atomic E-state index is 0. The molecule has 0 amide bonds. The van der Waals surface area contributed by atoms with E-state index in [1.54, 1.807) is 28.4 Å². The van der Waals surface area contributed by atoms with Gasteiger partial charge in [-0.05, 0) is 26.3 Å². The smallest absolute Gasteiger partial charge is 0.203 e. The normalized spacial score (nSPS) is 10.9. The van der Waals surface area contributed by atoms with Gasteiger partial charge in [-0.15, -0.1) is 24.0 Å². The summed E-state index contributed by atoms with van der Waals surface area (Å²) in [5.74, 6) is 2.68. The van der Waals surface area contributed by atoms with Crippen LogP contribution in [0.25, 0.3) is 0 Å². The van der Waals surface area contributed by atoms with E-state index in [1.165, 1.54) is 5.56 Å². The maximum absolute atomic E-state index is 5.54. The summed E-state index contributed by atoms with van der Waals surface area (Å²) >= 11 is 0. The van der Waals surface area contributed by atoms with Crippen molar-refractivity contribution in [3.63, 3.8) is 0 Å². The van der Waals surface area contributed by atoms with Crippen LogP contribution in [0.2, 0.25) is 0 Å². The van der Waals surface area contributed by atoms with Crippen LogP contribution in [-0.2, 0) is 20.0 Å². The second-order valence-corrected chi connectivity index (χ2v) is 6.37. The Morgan fingerprint density at radius 2 is 1.76 bits per heavy atom. The number of halogens is 1. The fourth-order valence-corrected chi connectivity index (χ4v) is 3.14. The molecule has 29 heavy (non-hydrogen) atoms. The van der Waals surface area contributed by atoms with Gasteiger partial charge in [0.25, 0.3) is 0 Å². The van der Waals surface area contributed by atoms with Crippen LogP contribution < -0.4 is 24.8 Å². The molecule has 2 aromatic rings. The number of hydrogen-bond donors (Lipinski definition) is 2. The van der Waals surface area contributed by atoms with Crippen LogP contribution in [0.4, 0.5) is 0 Å². The lowest BCUT2D eigenvalue weighted by atomic mass is 10.1. The number of aliphatic imine (C=N–C) groups is 1. The average Bonchev–Trinajstić information content (AvgIpc) is 2.95. The molecule has 2 rings (SSSR count). The number of rotatable bonds is 8. The highest BCUT2D eigenvalue weighted by atomic mass is 127. The first-order valence-electron chi connectivity index (χ1n) is 9.18. The molecule has 0 radical (unpaired) electrons. The third-order valence-electron chi connectivity index (χ3n) is 4.79. The minimum Gasteiger partial charge on any atom is -0.493 e. The Kier molecular flexibility index (Phi) is 10.1. The second-order valence-electron chi connectivity index (χ2n) is 6.37. The molecule has 1 heterocycles. The Morgan fingerprint density at radius 1 is 1.07 bits per heavy atom. The number of ether oxygens (including phenoxy) is 3. The summed E-state index contributed by atoms with van der Waals surface area (Å²) < 4.78 is 18.2. The molecule has 8 nitrogen and oxygen atoms in total. The van der Waals surface area contributed by atoms with E-state index in [-0.39, 0.29) is 24.0 Å². The Balaban J connectivity index is 0.00000420. The van der Waals surface area contributed by atoms with Crippen molar-refractivity contribution in [1.82, 2.24) is 20.4 Å². The second kappa shape index (κ2) is 11.7. The van der Waals surface area contributed by atoms with Gasteiger partial charge in [0.2, 0.25) is 5.75 Å². The molecular formula is C20H32IN5O3.